The summed E-state index contributed by atoms with van der Waals surface area (Å²) < 4.78 is 6.79. The van der Waals surface area contributed by atoms with E-state index in [1.54, 1.807) is 6.92 Å². The number of rotatable bonds is 2. The molecule has 0 amide bonds. The molecule has 1 fully saturated rings. The van der Waals surface area contributed by atoms with Crippen molar-refractivity contribution in [2.45, 2.75) is 43.7 Å². The van der Waals surface area contributed by atoms with Crippen molar-refractivity contribution < 1.29 is 30.3 Å². The zero-order chi connectivity index (χ0) is 18.5. The second-order valence-electron chi connectivity index (χ2n) is 6.08. The minimum atomic E-state index is -1.76. The number of nitrogens with zero attached hydrogens (tertiary/aromatic N) is 2. The molecule has 0 aromatic carbocycles. The summed E-state index contributed by atoms with van der Waals surface area (Å²) in [5.41, 5.74) is 5.69. The molecule has 3 unspecified atom stereocenters. The number of nitrogen functional groups attached to an aromatic ring is 1. The number of aliphatic hydroxyl groups excluding tert-OH is 5. The molecule has 11 nitrogen and oxygen atoms in total. The Balaban J connectivity index is 2.17. The lowest BCUT2D eigenvalue weighted by atomic mass is 10.0. The third kappa shape index (κ3) is 2.80. The molecule has 0 aliphatic carbocycles. The van der Waals surface area contributed by atoms with Crippen molar-refractivity contribution in [3.63, 3.8) is 0 Å². The Bertz CT molecular complexity index is 832. The lowest BCUT2D eigenvalue weighted by Gasteiger charge is -2.27. The molecule has 2 aromatic rings. The van der Waals surface area contributed by atoms with Gasteiger partial charge >= 0.3 is 0 Å². The van der Waals surface area contributed by atoms with Crippen molar-refractivity contribution in [1.82, 2.24) is 14.5 Å². The van der Waals surface area contributed by atoms with Crippen molar-refractivity contribution in [2.24, 2.45) is 0 Å². The van der Waals surface area contributed by atoms with E-state index in [4.69, 9.17) is 10.5 Å². The maximum Gasteiger partial charge on any atom is 0.262 e. The lowest BCUT2D eigenvalue weighted by molar-refractivity contribution is -0.149. The first-order valence-corrected chi connectivity index (χ1v) is 7.61. The molecule has 0 bridgehead atoms. The van der Waals surface area contributed by atoms with Gasteiger partial charge in [-0.2, -0.15) is 4.98 Å². The maximum atomic E-state index is 12.1. The maximum absolute atomic E-state index is 12.1. The van der Waals surface area contributed by atoms with Crippen LogP contribution in [0.3, 0.4) is 0 Å². The zero-order valence-corrected chi connectivity index (χ0v) is 13.3. The van der Waals surface area contributed by atoms with Crippen LogP contribution in [0.15, 0.2) is 11.0 Å². The van der Waals surface area contributed by atoms with Gasteiger partial charge in [-0.1, -0.05) is 0 Å². The van der Waals surface area contributed by atoms with Gasteiger partial charge < -0.3 is 40.6 Å². The summed E-state index contributed by atoms with van der Waals surface area (Å²) in [5.74, 6) is -0.153. The third-order valence-corrected chi connectivity index (χ3v) is 4.38. The van der Waals surface area contributed by atoms with Crippen LogP contribution >= 0.6 is 0 Å². The fourth-order valence-corrected chi connectivity index (χ4v) is 3.06. The van der Waals surface area contributed by atoms with Crippen LogP contribution < -0.4 is 11.3 Å². The third-order valence-electron chi connectivity index (χ3n) is 4.38. The van der Waals surface area contributed by atoms with E-state index in [9.17, 15) is 30.3 Å². The highest BCUT2D eigenvalue weighted by Crippen LogP contribution is 2.31. The number of hydrogen-bond acceptors (Lipinski definition) is 9. The van der Waals surface area contributed by atoms with Gasteiger partial charge in [0.05, 0.1) is 12.0 Å². The van der Waals surface area contributed by atoms with Crippen molar-refractivity contribution in [1.29, 1.82) is 0 Å². The molecule has 3 heterocycles. The first-order chi connectivity index (χ1) is 11.8. The first-order valence-electron chi connectivity index (χ1n) is 7.61. The minimum Gasteiger partial charge on any atom is -0.394 e. The van der Waals surface area contributed by atoms with Gasteiger partial charge in [-0.15, -0.1) is 0 Å². The SMILES string of the molecule is Cc1cn([C@@H]2OC(CO)[C@H](O)[C@H](O)C(O)C2O)c2nc(N)[nH]c(=O)c12. The van der Waals surface area contributed by atoms with Crippen LogP contribution in [-0.4, -0.2) is 77.2 Å². The molecule has 2 aromatic heterocycles. The van der Waals surface area contributed by atoms with Crippen molar-refractivity contribution >= 4 is 17.0 Å². The number of nitrogens with one attached hydrogen (secondary N) is 1. The smallest absolute Gasteiger partial charge is 0.262 e. The Morgan fingerprint density at radius 2 is 1.88 bits per heavy atom. The Morgan fingerprint density at radius 3 is 2.52 bits per heavy atom. The summed E-state index contributed by atoms with van der Waals surface area (Å²) in [4.78, 5) is 18.5. The average molecular weight is 356 g/mol. The number of aromatic amines is 1. The van der Waals surface area contributed by atoms with Crippen LogP contribution in [0.2, 0.25) is 0 Å². The van der Waals surface area contributed by atoms with Crippen LogP contribution in [-0.2, 0) is 4.74 Å². The number of aliphatic hydroxyl groups is 5. The fraction of sp³-hybridized carbons (Fsp3) is 0.571. The summed E-state index contributed by atoms with van der Waals surface area (Å²) in [6, 6.07) is 0. The number of ether oxygens (including phenoxy) is 1. The standard InChI is InChI=1S/C14H20N4O7/c1-4-2-18(11-6(4)12(24)17-14(15)16-11)13-10(23)9(22)8(21)7(20)5(3-19)25-13/h2,5,7-10,13,19-23H,3H2,1H3,(H3,15,16,17,24)/t5?,7-,8-,9?,10?,13+/m0/s1. The number of H-pyrrole nitrogens is 1. The highest BCUT2D eigenvalue weighted by atomic mass is 16.6. The van der Waals surface area contributed by atoms with E-state index in [1.165, 1.54) is 10.8 Å². The van der Waals surface area contributed by atoms with Crippen LogP contribution in [0.5, 0.6) is 0 Å². The summed E-state index contributed by atoms with van der Waals surface area (Å²) in [6.07, 6.45) is -7.92. The highest BCUT2D eigenvalue weighted by Gasteiger charge is 2.45. The quantitative estimate of drug-likeness (QED) is 0.293. The van der Waals surface area contributed by atoms with Crippen molar-refractivity contribution in [2.75, 3.05) is 12.3 Å². The molecule has 0 radical (unpaired) electrons. The summed E-state index contributed by atoms with van der Waals surface area (Å²) >= 11 is 0. The monoisotopic (exact) mass is 356 g/mol. The largest absolute Gasteiger partial charge is 0.394 e. The molecule has 0 saturated carbocycles. The fourth-order valence-electron chi connectivity index (χ4n) is 3.06. The Hall–Kier alpha value is -2.02. The first kappa shape index (κ1) is 17.8. The van der Waals surface area contributed by atoms with Gasteiger partial charge in [0.2, 0.25) is 5.95 Å². The van der Waals surface area contributed by atoms with Gasteiger partial charge in [-0.05, 0) is 12.5 Å². The Kier molecular flexibility index (Phi) is 4.53. The second kappa shape index (κ2) is 6.37. The van der Waals surface area contributed by atoms with Crippen LogP contribution in [0.4, 0.5) is 5.95 Å². The number of fused-ring (bicyclic) bond motifs is 1. The van der Waals surface area contributed by atoms with Crippen LogP contribution in [0, 0.1) is 6.92 Å². The lowest BCUT2D eigenvalue weighted by Crippen LogP contribution is -2.47. The number of anilines is 1. The number of hydrogen-bond donors (Lipinski definition) is 7. The molecular formula is C14H20N4O7. The van der Waals surface area contributed by atoms with E-state index in [0.717, 1.165) is 0 Å². The van der Waals surface area contributed by atoms with Crippen LogP contribution in [0.1, 0.15) is 11.8 Å². The molecule has 3 rings (SSSR count). The van der Waals surface area contributed by atoms with Gasteiger partial charge in [0.25, 0.3) is 5.56 Å². The number of nitrogens with two attached hydrogens (primary N) is 1. The Morgan fingerprint density at radius 1 is 1.24 bits per heavy atom. The molecule has 25 heavy (non-hydrogen) atoms. The van der Waals surface area contributed by atoms with E-state index in [2.05, 4.69) is 9.97 Å². The van der Waals surface area contributed by atoms with E-state index in [1.807, 2.05) is 0 Å². The molecule has 1 saturated heterocycles. The van der Waals surface area contributed by atoms with E-state index >= 15 is 0 Å². The van der Waals surface area contributed by atoms with E-state index in [0.29, 0.717) is 5.56 Å². The van der Waals surface area contributed by atoms with E-state index < -0.39 is 48.9 Å². The molecule has 11 heteroatoms. The summed E-state index contributed by atoms with van der Waals surface area (Å²) in [5, 5.41) is 50.0. The van der Waals surface area contributed by atoms with Gasteiger partial charge in [0.1, 0.15) is 30.5 Å². The molecule has 0 spiro atoms. The van der Waals surface area contributed by atoms with Gasteiger partial charge in [-0.25, -0.2) is 0 Å². The number of aromatic nitrogens is 3. The van der Waals surface area contributed by atoms with Gasteiger partial charge in [0.15, 0.2) is 11.9 Å². The summed E-state index contributed by atoms with van der Waals surface area (Å²) in [7, 11) is 0. The normalized spacial score (nSPS) is 33.5. The predicted octanol–water partition coefficient (Wildman–Crippen LogP) is -3.05. The number of aryl methyl sites for hydroxylation is 1. The van der Waals surface area contributed by atoms with Gasteiger partial charge in [-0.3, -0.25) is 9.78 Å². The van der Waals surface area contributed by atoms with Gasteiger partial charge in [0, 0.05) is 6.20 Å². The molecule has 8 N–H and O–H groups in total. The molecular weight excluding hydrogens is 336 g/mol. The topological polar surface area (TPSA) is 187 Å². The zero-order valence-electron chi connectivity index (χ0n) is 13.3. The average Bonchev–Trinajstić information content (AvgIpc) is 2.86. The van der Waals surface area contributed by atoms with Crippen LogP contribution in [0.25, 0.3) is 11.0 Å². The van der Waals surface area contributed by atoms with Crippen molar-refractivity contribution in [3.05, 3.63) is 22.1 Å². The van der Waals surface area contributed by atoms with E-state index in [-0.39, 0.29) is 17.0 Å². The predicted molar refractivity (Wildman–Crippen MR) is 84.5 cm³/mol. The van der Waals surface area contributed by atoms with Crippen molar-refractivity contribution in [3.8, 4) is 0 Å². The minimum absolute atomic E-state index is 0.0950. The second-order valence-corrected chi connectivity index (χ2v) is 6.08. The molecule has 1 aliphatic heterocycles. The molecule has 1 aliphatic rings. The molecule has 138 valence electrons. The summed E-state index contributed by atoms with van der Waals surface area (Å²) in [6.45, 7) is 0.973. The Labute approximate surface area is 140 Å². The highest BCUT2D eigenvalue weighted by molar-refractivity contribution is 5.80. The molecule has 6 atom stereocenters.